The Hall–Kier alpha value is -2.00. The summed E-state index contributed by atoms with van der Waals surface area (Å²) in [5.41, 5.74) is 9.75. The molecular weight excluding hydrogens is 250 g/mol. The fourth-order valence-electron chi connectivity index (χ4n) is 2.61. The van der Waals surface area contributed by atoms with Gasteiger partial charge in [0.05, 0.1) is 7.11 Å². The van der Waals surface area contributed by atoms with Crippen LogP contribution < -0.4 is 15.2 Å². The van der Waals surface area contributed by atoms with Gasteiger partial charge in [-0.05, 0) is 53.8 Å². The smallest absolute Gasteiger partial charge is 0.120 e. The van der Waals surface area contributed by atoms with Gasteiger partial charge in [-0.15, -0.1) is 0 Å². The van der Waals surface area contributed by atoms with Gasteiger partial charge in [0.15, 0.2) is 0 Å². The Balaban J connectivity index is 1.66. The van der Waals surface area contributed by atoms with Crippen LogP contribution in [-0.2, 0) is 13.0 Å². The van der Waals surface area contributed by atoms with Crippen LogP contribution in [0.5, 0.6) is 11.5 Å². The number of methoxy groups -OCH3 is 1. The van der Waals surface area contributed by atoms with Gasteiger partial charge in [0.2, 0.25) is 0 Å². The van der Waals surface area contributed by atoms with Gasteiger partial charge in [0, 0.05) is 6.04 Å². The zero-order chi connectivity index (χ0) is 13.9. The third-order valence-electron chi connectivity index (χ3n) is 3.80. The first-order chi connectivity index (χ1) is 9.76. The molecule has 20 heavy (non-hydrogen) atoms. The van der Waals surface area contributed by atoms with E-state index in [2.05, 4.69) is 12.1 Å². The molecule has 0 heterocycles. The molecule has 0 amide bonds. The van der Waals surface area contributed by atoms with E-state index in [0.717, 1.165) is 29.9 Å². The Morgan fingerprint density at radius 2 is 1.85 bits per heavy atom. The molecule has 0 bridgehead atoms. The van der Waals surface area contributed by atoms with Crippen molar-refractivity contribution in [2.24, 2.45) is 5.73 Å². The van der Waals surface area contributed by atoms with Gasteiger partial charge >= 0.3 is 0 Å². The maximum Gasteiger partial charge on any atom is 0.120 e. The van der Waals surface area contributed by atoms with E-state index in [-0.39, 0.29) is 6.04 Å². The summed E-state index contributed by atoms with van der Waals surface area (Å²) >= 11 is 0. The fourth-order valence-corrected chi connectivity index (χ4v) is 2.61. The number of hydrogen-bond donors (Lipinski definition) is 1. The molecule has 1 aliphatic carbocycles. The Morgan fingerprint density at radius 1 is 1.10 bits per heavy atom. The number of hydrogen-bond acceptors (Lipinski definition) is 3. The first kappa shape index (κ1) is 13.0. The first-order valence-corrected chi connectivity index (χ1v) is 6.90. The molecule has 0 spiro atoms. The average Bonchev–Trinajstić information content (AvgIpc) is 2.87. The molecule has 0 aromatic heterocycles. The van der Waals surface area contributed by atoms with Crippen LogP contribution in [0.15, 0.2) is 42.5 Å². The van der Waals surface area contributed by atoms with Crippen molar-refractivity contribution < 1.29 is 9.47 Å². The highest BCUT2D eigenvalue weighted by atomic mass is 16.5. The van der Waals surface area contributed by atoms with Crippen molar-refractivity contribution in [2.75, 3.05) is 7.11 Å². The molecule has 0 unspecified atom stereocenters. The third-order valence-corrected chi connectivity index (χ3v) is 3.80. The molecule has 1 aliphatic rings. The average molecular weight is 269 g/mol. The lowest BCUT2D eigenvalue weighted by atomic mass is 10.1. The predicted molar refractivity (Wildman–Crippen MR) is 79.0 cm³/mol. The van der Waals surface area contributed by atoms with Gasteiger partial charge in [-0.3, -0.25) is 0 Å². The van der Waals surface area contributed by atoms with Gasteiger partial charge in [-0.2, -0.15) is 0 Å². The molecule has 3 nitrogen and oxygen atoms in total. The number of rotatable bonds is 4. The minimum Gasteiger partial charge on any atom is -0.497 e. The molecule has 2 aromatic carbocycles. The lowest BCUT2D eigenvalue weighted by molar-refractivity contribution is 0.305. The SMILES string of the molecule is COc1ccc(COc2ccc3c(c2)CC[C@@H]3N)cc1. The van der Waals surface area contributed by atoms with E-state index in [1.807, 2.05) is 30.3 Å². The van der Waals surface area contributed by atoms with E-state index in [4.69, 9.17) is 15.2 Å². The fraction of sp³-hybridized carbons (Fsp3) is 0.294. The second-order valence-electron chi connectivity index (χ2n) is 5.14. The molecule has 1 atom stereocenters. The van der Waals surface area contributed by atoms with Gasteiger partial charge < -0.3 is 15.2 Å². The number of benzene rings is 2. The zero-order valence-corrected chi connectivity index (χ0v) is 11.6. The Kier molecular flexibility index (Phi) is 3.61. The number of nitrogens with two attached hydrogens (primary N) is 1. The summed E-state index contributed by atoms with van der Waals surface area (Å²) in [7, 11) is 1.67. The largest absolute Gasteiger partial charge is 0.497 e. The van der Waals surface area contributed by atoms with Crippen LogP contribution in [0.25, 0.3) is 0 Å². The number of aryl methyl sites for hydroxylation is 1. The molecular formula is C17H19NO2. The summed E-state index contributed by atoms with van der Waals surface area (Å²) in [6.07, 6.45) is 2.09. The Labute approximate surface area is 119 Å². The van der Waals surface area contributed by atoms with E-state index in [1.54, 1.807) is 7.11 Å². The Bertz CT molecular complexity index is 592. The summed E-state index contributed by atoms with van der Waals surface area (Å²) in [6.45, 7) is 0.564. The summed E-state index contributed by atoms with van der Waals surface area (Å²) in [5, 5.41) is 0. The molecule has 0 saturated carbocycles. The lowest BCUT2D eigenvalue weighted by Crippen LogP contribution is -2.05. The van der Waals surface area contributed by atoms with Crippen LogP contribution >= 0.6 is 0 Å². The zero-order valence-electron chi connectivity index (χ0n) is 11.6. The van der Waals surface area contributed by atoms with E-state index < -0.39 is 0 Å². The normalized spacial score (nSPS) is 16.8. The lowest BCUT2D eigenvalue weighted by Gasteiger charge is -2.10. The second kappa shape index (κ2) is 5.55. The summed E-state index contributed by atoms with van der Waals surface area (Å²) in [5.74, 6) is 1.77. The molecule has 2 aromatic rings. The molecule has 3 rings (SSSR count). The Morgan fingerprint density at radius 3 is 2.60 bits per heavy atom. The van der Waals surface area contributed by atoms with Gasteiger partial charge in [-0.25, -0.2) is 0 Å². The molecule has 0 radical (unpaired) electrons. The maximum atomic E-state index is 6.04. The van der Waals surface area contributed by atoms with Crippen molar-refractivity contribution in [3.8, 4) is 11.5 Å². The summed E-state index contributed by atoms with van der Waals surface area (Å²) < 4.78 is 11.0. The molecule has 0 fully saturated rings. The molecule has 0 saturated heterocycles. The van der Waals surface area contributed by atoms with Crippen molar-refractivity contribution in [3.63, 3.8) is 0 Å². The van der Waals surface area contributed by atoms with Gasteiger partial charge in [-0.1, -0.05) is 18.2 Å². The van der Waals surface area contributed by atoms with Gasteiger partial charge in [0.25, 0.3) is 0 Å². The van der Waals surface area contributed by atoms with Crippen LogP contribution in [-0.4, -0.2) is 7.11 Å². The topological polar surface area (TPSA) is 44.5 Å². The highest BCUT2D eigenvalue weighted by Gasteiger charge is 2.18. The minimum absolute atomic E-state index is 0.195. The van der Waals surface area contributed by atoms with Crippen LogP contribution in [0.4, 0.5) is 0 Å². The maximum absolute atomic E-state index is 6.04. The summed E-state index contributed by atoms with van der Waals surface area (Å²) in [6, 6.07) is 14.3. The van der Waals surface area contributed by atoms with Gasteiger partial charge in [0.1, 0.15) is 18.1 Å². The van der Waals surface area contributed by atoms with E-state index in [0.29, 0.717) is 6.61 Å². The van der Waals surface area contributed by atoms with Crippen molar-refractivity contribution in [1.29, 1.82) is 0 Å². The molecule has 104 valence electrons. The van der Waals surface area contributed by atoms with Crippen LogP contribution in [0.1, 0.15) is 29.2 Å². The van der Waals surface area contributed by atoms with Crippen molar-refractivity contribution in [1.82, 2.24) is 0 Å². The minimum atomic E-state index is 0.195. The highest BCUT2D eigenvalue weighted by Crippen LogP contribution is 2.32. The summed E-state index contributed by atoms with van der Waals surface area (Å²) in [4.78, 5) is 0. The van der Waals surface area contributed by atoms with Crippen LogP contribution in [0.2, 0.25) is 0 Å². The first-order valence-electron chi connectivity index (χ1n) is 6.90. The number of ether oxygens (including phenoxy) is 2. The molecule has 0 aliphatic heterocycles. The quantitative estimate of drug-likeness (QED) is 0.927. The van der Waals surface area contributed by atoms with Crippen molar-refractivity contribution in [2.45, 2.75) is 25.5 Å². The number of fused-ring (bicyclic) bond motifs is 1. The molecule has 2 N–H and O–H groups in total. The monoisotopic (exact) mass is 269 g/mol. The van der Waals surface area contributed by atoms with Crippen molar-refractivity contribution >= 4 is 0 Å². The van der Waals surface area contributed by atoms with E-state index in [9.17, 15) is 0 Å². The molecule has 3 heteroatoms. The second-order valence-corrected chi connectivity index (χ2v) is 5.14. The van der Waals surface area contributed by atoms with Crippen LogP contribution in [0.3, 0.4) is 0 Å². The predicted octanol–water partition coefficient (Wildman–Crippen LogP) is 3.22. The van der Waals surface area contributed by atoms with E-state index >= 15 is 0 Å². The third kappa shape index (κ3) is 2.63. The van der Waals surface area contributed by atoms with Crippen molar-refractivity contribution in [3.05, 3.63) is 59.2 Å². The van der Waals surface area contributed by atoms with E-state index in [1.165, 1.54) is 11.1 Å². The van der Waals surface area contributed by atoms with Crippen LogP contribution in [0, 0.1) is 0 Å². The standard InChI is InChI=1S/C17H19NO2/c1-19-14-5-2-12(3-6-14)11-20-15-7-8-16-13(10-15)4-9-17(16)18/h2-3,5-8,10,17H,4,9,11,18H2,1H3/t17-/m0/s1. The highest BCUT2D eigenvalue weighted by molar-refractivity contribution is 5.40.